The van der Waals surface area contributed by atoms with E-state index in [9.17, 15) is 10.2 Å². The molecule has 0 bridgehead atoms. The molecule has 12 heavy (non-hydrogen) atoms. The Bertz CT molecular complexity index is 151. The maximum Gasteiger partial charge on any atom is 0.0957 e. The van der Waals surface area contributed by atoms with Crippen LogP contribution in [0.1, 0.15) is 6.42 Å². The van der Waals surface area contributed by atoms with Crippen LogP contribution in [0.25, 0.3) is 0 Å². The van der Waals surface area contributed by atoms with Crippen molar-refractivity contribution in [2.24, 2.45) is 5.92 Å². The predicted molar refractivity (Wildman–Crippen MR) is 44.7 cm³/mol. The Kier molecular flexibility index (Phi) is 3.06. The Hall–Kier alpha value is -0.160. The van der Waals surface area contributed by atoms with Crippen LogP contribution in [0.3, 0.4) is 0 Å². The van der Waals surface area contributed by atoms with E-state index in [0.717, 1.165) is 0 Å². The molecule has 0 amide bonds. The fourth-order valence-corrected chi connectivity index (χ4v) is 1.79. The molecule has 0 aromatic heterocycles. The number of likely N-dealkylation sites (N-methyl/N-ethyl adjacent to an activating group) is 1. The molecule has 72 valence electrons. The monoisotopic (exact) mass is 175 g/mol. The maximum absolute atomic E-state index is 9.53. The normalized spacial score (nSPS) is 42.5. The van der Waals surface area contributed by atoms with Gasteiger partial charge in [0.1, 0.15) is 0 Å². The van der Waals surface area contributed by atoms with Gasteiger partial charge in [-0.05, 0) is 20.5 Å². The molecule has 0 aliphatic heterocycles. The summed E-state index contributed by atoms with van der Waals surface area (Å²) in [6.45, 7) is -0.0530. The topological polar surface area (TPSA) is 63.9 Å². The molecule has 0 radical (unpaired) electrons. The first-order valence-electron chi connectivity index (χ1n) is 4.21. The van der Waals surface area contributed by atoms with E-state index in [1.165, 1.54) is 0 Å². The lowest BCUT2D eigenvalue weighted by molar-refractivity contribution is -0.0111. The van der Waals surface area contributed by atoms with E-state index < -0.39 is 12.2 Å². The molecule has 0 saturated heterocycles. The standard InChI is InChI=1S/C8H17NO3/c1-9(2)6-3-5(4-10)7(11)8(6)12/h5-8,10-12H,3-4H2,1-2H3/t5-,6-,7-,8+/m1/s1. The summed E-state index contributed by atoms with van der Waals surface area (Å²) in [5.41, 5.74) is 0. The molecule has 4 heteroatoms. The van der Waals surface area contributed by atoms with Crippen LogP contribution in [0.5, 0.6) is 0 Å². The summed E-state index contributed by atoms with van der Waals surface area (Å²) in [6.07, 6.45) is -0.842. The molecule has 0 spiro atoms. The first-order chi connectivity index (χ1) is 5.57. The highest BCUT2D eigenvalue weighted by atomic mass is 16.3. The lowest BCUT2D eigenvalue weighted by atomic mass is 10.1. The minimum absolute atomic E-state index is 0.0304. The smallest absolute Gasteiger partial charge is 0.0957 e. The van der Waals surface area contributed by atoms with Crippen molar-refractivity contribution >= 4 is 0 Å². The molecule has 0 aromatic rings. The molecular weight excluding hydrogens is 158 g/mol. The summed E-state index contributed by atoms with van der Waals surface area (Å²) in [5.74, 6) is -0.174. The molecule has 4 atom stereocenters. The Morgan fingerprint density at radius 2 is 1.83 bits per heavy atom. The van der Waals surface area contributed by atoms with Crippen molar-refractivity contribution in [1.29, 1.82) is 0 Å². The zero-order valence-electron chi connectivity index (χ0n) is 7.51. The van der Waals surface area contributed by atoms with Crippen LogP contribution in [0.2, 0.25) is 0 Å². The summed E-state index contributed by atoms with van der Waals surface area (Å²) in [6, 6.07) is -0.0304. The van der Waals surface area contributed by atoms with Gasteiger partial charge < -0.3 is 20.2 Å². The Balaban J connectivity index is 2.60. The molecular formula is C8H17NO3. The van der Waals surface area contributed by atoms with Gasteiger partial charge in [-0.25, -0.2) is 0 Å². The number of hydrogen-bond acceptors (Lipinski definition) is 4. The van der Waals surface area contributed by atoms with Crippen LogP contribution >= 0.6 is 0 Å². The first-order valence-corrected chi connectivity index (χ1v) is 4.21. The molecule has 1 aliphatic carbocycles. The summed E-state index contributed by atoms with van der Waals surface area (Å²) in [5, 5.41) is 27.8. The second-order valence-corrected chi connectivity index (χ2v) is 3.69. The summed E-state index contributed by atoms with van der Waals surface area (Å²) >= 11 is 0. The van der Waals surface area contributed by atoms with Crippen molar-refractivity contribution in [2.45, 2.75) is 24.7 Å². The lowest BCUT2D eigenvalue weighted by Gasteiger charge is -2.22. The quantitative estimate of drug-likeness (QED) is 0.485. The molecule has 0 heterocycles. The fourth-order valence-electron chi connectivity index (χ4n) is 1.79. The number of hydrogen-bond donors (Lipinski definition) is 3. The van der Waals surface area contributed by atoms with Crippen LogP contribution < -0.4 is 0 Å². The zero-order chi connectivity index (χ0) is 9.30. The van der Waals surface area contributed by atoms with Gasteiger partial charge in [0.05, 0.1) is 12.2 Å². The van der Waals surface area contributed by atoms with E-state index in [-0.39, 0.29) is 18.6 Å². The van der Waals surface area contributed by atoms with Gasteiger partial charge >= 0.3 is 0 Å². The molecule has 1 rings (SSSR count). The van der Waals surface area contributed by atoms with Crippen LogP contribution in [0.4, 0.5) is 0 Å². The average molecular weight is 175 g/mol. The van der Waals surface area contributed by atoms with E-state index in [1.54, 1.807) is 0 Å². The van der Waals surface area contributed by atoms with Crippen LogP contribution in [-0.2, 0) is 0 Å². The van der Waals surface area contributed by atoms with Crippen LogP contribution in [-0.4, -0.2) is 59.2 Å². The van der Waals surface area contributed by atoms with Crippen molar-refractivity contribution < 1.29 is 15.3 Å². The van der Waals surface area contributed by atoms with Gasteiger partial charge in [-0.1, -0.05) is 0 Å². The van der Waals surface area contributed by atoms with E-state index in [0.29, 0.717) is 6.42 Å². The van der Waals surface area contributed by atoms with Crippen LogP contribution in [0.15, 0.2) is 0 Å². The second kappa shape index (κ2) is 3.70. The van der Waals surface area contributed by atoms with Gasteiger partial charge in [0.2, 0.25) is 0 Å². The number of aliphatic hydroxyl groups is 3. The van der Waals surface area contributed by atoms with Gasteiger partial charge in [0.25, 0.3) is 0 Å². The highest BCUT2D eigenvalue weighted by Gasteiger charge is 2.41. The Labute approximate surface area is 72.4 Å². The van der Waals surface area contributed by atoms with E-state index in [2.05, 4.69) is 0 Å². The molecule has 1 fully saturated rings. The SMILES string of the molecule is CN(C)[C@@H]1C[C@H](CO)[C@@H](O)[C@H]1O. The van der Waals surface area contributed by atoms with Crippen molar-refractivity contribution in [3.8, 4) is 0 Å². The molecule has 4 nitrogen and oxygen atoms in total. The van der Waals surface area contributed by atoms with Crippen LogP contribution in [0, 0.1) is 5.92 Å². The Morgan fingerprint density at radius 3 is 2.08 bits per heavy atom. The summed E-state index contributed by atoms with van der Waals surface area (Å²) < 4.78 is 0. The third-order valence-electron chi connectivity index (χ3n) is 2.67. The third-order valence-corrected chi connectivity index (χ3v) is 2.67. The molecule has 1 saturated carbocycles. The second-order valence-electron chi connectivity index (χ2n) is 3.69. The predicted octanol–water partition coefficient (Wildman–Crippen LogP) is -1.35. The van der Waals surface area contributed by atoms with Gasteiger partial charge in [-0.2, -0.15) is 0 Å². The maximum atomic E-state index is 9.53. The minimum Gasteiger partial charge on any atom is -0.396 e. The molecule has 1 aliphatic rings. The summed E-state index contributed by atoms with van der Waals surface area (Å²) in [7, 11) is 3.72. The van der Waals surface area contributed by atoms with Crippen molar-refractivity contribution in [2.75, 3.05) is 20.7 Å². The van der Waals surface area contributed by atoms with Gasteiger partial charge in [0.15, 0.2) is 0 Å². The summed E-state index contributed by atoms with van der Waals surface area (Å²) in [4.78, 5) is 1.88. The van der Waals surface area contributed by atoms with Crippen molar-refractivity contribution in [3.63, 3.8) is 0 Å². The highest BCUT2D eigenvalue weighted by Crippen LogP contribution is 2.28. The molecule has 3 N–H and O–H groups in total. The number of rotatable bonds is 2. The average Bonchev–Trinajstić information content (AvgIpc) is 2.30. The van der Waals surface area contributed by atoms with E-state index >= 15 is 0 Å². The van der Waals surface area contributed by atoms with E-state index in [4.69, 9.17) is 5.11 Å². The van der Waals surface area contributed by atoms with E-state index in [1.807, 2.05) is 19.0 Å². The molecule has 0 unspecified atom stereocenters. The van der Waals surface area contributed by atoms with Gasteiger partial charge in [-0.15, -0.1) is 0 Å². The fraction of sp³-hybridized carbons (Fsp3) is 1.00. The third kappa shape index (κ3) is 1.61. The number of nitrogens with zero attached hydrogens (tertiary/aromatic N) is 1. The minimum atomic E-state index is -0.776. The first kappa shape index (κ1) is 9.92. The zero-order valence-corrected chi connectivity index (χ0v) is 7.51. The van der Waals surface area contributed by atoms with Crippen molar-refractivity contribution in [1.82, 2.24) is 4.90 Å². The number of aliphatic hydroxyl groups excluding tert-OH is 3. The highest BCUT2D eigenvalue weighted by molar-refractivity contribution is 4.94. The lowest BCUT2D eigenvalue weighted by Crippen LogP contribution is -2.39. The Morgan fingerprint density at radius 1 is 1.25 bits per heavy atom. The van der Waals surface area contributed by atoms with Gasteiger partial charge in [0, 0.05) is 18.6 Å². The molecule has 0 aromatic carbocycles. The van der Waals surface area contributed by atoms with Gasteiger partial charge in [-0.3, -0.25) is 0 Å². The largest absolute Gasteiger partial charge is 0.396 e. The van der Waals surface area contributed by atoms with Crippen molar-refractivity contribution in [3.05, 3.63) is 0 Å².